The van der Waals surface area contributed by atoms with Crippen molar-refractivity contribution in [2.24, 2.45) is 0 Å². The molecule has 0 amide bonds. The number of ether oxygens (including phenoxy) is 4. The molecule has 4 aromatic rings. The van der Waals surface area contributed by atoms with Crippen LogP contribution in [0.15, 0.2) is 84.9 Å². The van der Waals surface area contributed by atoms with Gasteiger partial charge in [0.2, 0.25) is 0 Å². The van der Waals surface area contributed by atoms with Gasteiger partial charge >= 0.3 is 11.9 Å². The fraction of sp³-hybridized carbons (Fsp3) is 0.270. The van der Waals surface area contributed by atoms with Crippen molar-refractivity contribution in [1.82, 2.24) is 0 Å². The number of esters is 2. The molecule has 236 valence electrons. The van der Waals surface area contributed by atoms with E-state index >= 15 is 0 Å². The zero-order valence-electron chi connectivity index (χ0n) is 25.7. The molecule has 4 aliphatic rings. The van der Waals surface area contributed by atoms with Crippen molar-refractivity contribution in [1.29, 1.82) is 0 Å². The minimum absolute atomic E-state index is 0. The van der Waals surface area contributed by atoms with E-state index in [0.29, 0.717) is 16.7 Å². The third-order valence-electron chi connectivity index (χ3n) is 9.27. The van der Waals surface area contributed by atoms with Crippen LogP contribution in [0.3, 0.4) is 0 Å². The first-order valence-corrected chi connectivity index (χ1v) is 15.6. The van der Waals surface area contributed by atoms with Crippen LogP contribution in [0.5, 0.6) is 23.0 Å². The van der Waals surface area contributed by atoms with Gasteiger partial charge in [0.05, 0.1) is 14.2 Å². The average Bonchev–Trinajstić information content (AvgIpc) is 3.75. The van der Waals surface area contributed by atoms with Crippen LogP contribution in [0, 0.1) is 7.43 Å². The van der Waals surface area contributed by atoms with Crippen LogP contribution in [0.2, 0.25) is 0 Å². The second kappa shape index (κ2) is 12.6. The Bertz CT molecular complexity index is 1770. The van der Waals surface area contributed by atoms with Crippen molar-refractivity contribution in [2.45, 2.75) is 42.3 Å². The zero-order valence-corrected chi connectivity index (χ0v) is 27.5. The molecule has 2 aliphatic heterocycles. The second-order valence-corrected chi connectivity index (χ2v) is 12.7. The fourth-order valence-electron chi connectivity index (χ4n) is 7.28. The van der Waals surface area contributed by atoms with Crippen molar-refractivity contribution in [3.63, 3.8) is 0 Å². The van der Waals surface area contributed by atoms with Gasteiger partial charge in [-0.25, -0.2) is 0 Å². The summed E-state index contributed by atoms with van der Waals surface area (Å²) in [4.78, 5) is 25.4. The number of benzene rings is 4. The van der Waals surface area contributed by atoms with Crippen molar-refractivity contribution < 1.29 is 45.0 Å². The van der Waals surface area contributed by atoms with E-state index < -0.39 is 10.8 Å². The van der Waals surface area contributed by atoms with Crippen LogP contribution < -0.4 is 18.9 Å². The molecule has 4 aromatic carbocycles. The Morgan fingerprint density at radius 1 is 0.756 bits per heavy atom. The first-order valence-electron chi connectivity index (χ1n) is 14.6. The van der Waals surface area contributed by atoms with E-state index in [-0.39, 0.29) is 35.9 Å². The number of carbonyl (C=O) groups is 2. The summed E-state index contributed by atoms with van der Waals surface area (Å²) >= 11 is 1.89. The van der Waals surface area contributed by atoms with E-state index in [1.165, 1.54) is 11.1 Å². The minimum atomic E-state index is -0.687. The van der Waals surface area contributed by atoms with Gasteiger partial charge < -0.3 is 26.4 Å². The molecular weight excluding hydrogens is 631 g/mol. The summed E-state index contributed by atoms with van der Waals surface area (Å²) in [6.07, 6.45) is 2.43. The Morgan fingerprint density at radius 2 is 1.31 bits per heavy atom. The van der Waals surface area contributed by atoms with Crippen LogP contribution in [0.4, 0.5) is 0 Å². The quantitative estimate of drug-likeness (QED) is 0.0974. The normalized spacial score (nSPS) is 22.5. The maximum absolute atomic E-state index is 12.9. The smallest absolute Gasteiger partial charge is 0.326 e. The minimum Gasteiger partial charge on any atom is -0.497 e. The van der Waals surface area contributed by atoms with E-state index in [0.717, 1.165) is 58.8 Å². The van der Waals surface area contributed by atoms with Crippen molar-refractivity contribution >= 4 is 23.7 Å². The predicted molar refractivity (Wildman–Crippen MR) is 172 cm³/mol. The molecule has 6 nitrogen and oxygen atoms in total. The first kappa shape index (κ1) is 32.7. The summed E-state index contributed by atoms with van der Waals surface area (Å²) in [5.74, 6) is 3.53. The van der Waals surface area contributed by atoms with Gasteiger partial charge in [0.25, 0.3) is 0 Å². The number of hydrogen-bond acceptors (Lipinski definition) is 7. The second-order valence-electron chi connectivity index (χ2n) is 11.2. The molecule has 8 rings (SSSR count). The Morgan fingerprint density at radius 3 is 1.93 bits per heavy atom. The Labute approximate surface area is 278 Å². The van der Waals surface area contributed by atoms with Gasteiger partial charge in [0.1, 0.15) is 33.8 Å². The molecule has 3 unspecified atom stereocenters. The maximum Gasteiger partial charge on any atom is 0.326 e. The fourth-order valence-corrected chi connectivity index (χ4v) is 8.43. The molecule has 45 heavy (non-hydrogen) atoms. The molecule has 0 aromatic heterocycles. The molecule has 2 spiro atoms. The largest absolute Gasteiger partial charge is 0.497 e. The van der Waals surface area contributed by atoms with Gasteiger partial charge in [0, 0.05) is 32.9 Å². The summed E-state index contributed by atoms with van der Waals surface area (Å²) in [5.41, 5.74) is 5.21. The Balaban J connectivity index is 0.000000172. The molecule has 0 radical (unpaired) electrons. The summed E-state index contributed by atoms with van der Waals surface area (Å²) in [6.45, 7) is 2.15. The number of methoxy groups -OCH3 is 2. The summed E-state index contributed by atoms with van der Waals surface area (Å²) in [7, 11) is 3.28. The molecule has 0 saturated heterocycles. The molecule has 8 heteroatoms. The number of fused-ring (bicyclic) bond motifs is 8. The van der Waals surface area contributed by atoms with Crippen LogP contribution in [0.1, 0.15) is 58.4 Å². The SMILES string of the molecule is CCSC1CC2(C(=O)Oc3ccc(OC)cc32)c2ccccc21.COc1ccc2c(c1)C1(CCc3ccccc31)C(=O)O2.[CH3-].[Ni]. The molecule has 0 N–H and O–H groups in total. The van der Waals surface area contributed by atoms with E-state index in [2.05, 4.69) is 25.1 Å². The van der Waals surface area contributed by atoms with Crippen LogP contribution in [-0.4, -0.2) is 31.9 Å². The molecule has 0 fully saturated rings. The van der Waals surface area contributed by atoms with Crippen LogP contribution >= 0.6 is 11.8 Å². The van der Waals surface area contributed by atoms with Crippen LogP contribution in [0.25, 0.3) is 0 Å². The third kappa shape index (κ3) is 4.85. The third-order valence-corrected chi connectivity index (χ3v) is 10.4. The zero-order chi connectivity index (χ0) is 29.8. The Hall–Kier alpha value is -3.74. The van der Waals surface area contributed by atoms with Gasteiger partial charge in [-0.1, -0.05) is 55.5 Å². The van der Waals surface area contributed by atoms with Gasteiger partial charge in [-0.05, 0) is 83.7 Å². The maximum atomic E-state index is 12.9. The first-order chi connectivity index (χ1) is 21.0. The van der Waals surface area contributed by atoms with E-state index in [4.69, 9.17) is 18.9 Å². The standard InChI is InChI=1S/C19H18O3S.C17H14O3.CH3.Ni/c1-3-23-17-11-19(14-7-5-4-6-13(14)17)15-10-12(21-2)8-9-16(15)22-18(19)20;1-19-12-6-7-15-14(10-12)17(16(18)20-15)9-8-11-4-2-3-5-13(11)17;;/h4-10,17H,3,11H2,1-2H3;2-7,10H,8-9H2,1H3;1H3;/q;;-1;. The Kier molecular flexibility index (Phi) is 9.12. The number of hydrogen-bond donors (Lipinski definition) is 0. The number of aryl methyl sites for hydroxylation is 1. The van der Waals surface area contributed by atoms with Crippen molar-refractivity contribution in [2.75, 3.05) is 20.0 Å². The number of carbonyl (C=O) groups excluding carboxylic acids is 2. The van der Waals surface area contributed by atoms with Gasteiger partial charge in [-0.3, -0.25) is 9.59 Å². The molecule has 0 bridgehead atoms. The average molecular weight is 666 g/mol. The molecule has 0 saturated carbocycles. The summed E-state index contributed by atoms with van der Waals surface area (Å²) < 4.78 is 21.8. The van der Waals surface area contributed by atoms with Gasteiger partial charge in [-0.2, -0.15) is 11.8 Å². The van der Waals surface area contributed by atoms with E-state index in [9.17, 15) is 9.59 Å². The van der Waals surface area contributed by atoms with Gasteiger partial charge in [-0.15, -0.1) is 0 Å². The van der Waals surface area contributed by atoms with Crippen molar-refractivity contribution in [3.8, 4) is 23.0 Å². The summed E-state index contributed by atoms with van der Waals surface area (Å²) in [6, 6.07) is 27.6. The topological polar surface area (TPSA) is 71.1 Å². The van der Waals surface area contributed by atoms with E-state index in [1.807, 2.05) is 78.5 Å². The van der Waals surface area contributed by atoms with Crippen molar-refractivity contribution in [3.05, 3.63) is 126 Å². The molecular formula is C37H35NiO6S-. The molecule has 3 atom stereocenters. The molecule has 2 heterocycles. The van der Waals surface area contributed by atoms with Crippen LogP contribution in [-0.2, 0) is 43.3 Å². The number of thioether (sulfide) groups is 1. The summed E-state index contributed by atoms with van der Waals surface area (Å²) in [5, 5.41) is 0.320. The number of rotatable bonds is 4. The monoisotopic (exact) mass is 665 g/mol. The predicted octanol–water partition coefficient (Wildman–Crippen LogP) is 7.39. The molecule has 2 aliphatic carbocycles. The van der Waals surface area contributed by atoms with E-state index in [1.54, 1.807) is 14.2 Å². The van der Waals surface area contributed by atoms with Gasteiger partial charge in [0.15, 0.2) is 0 Å².